The number of aromatic nitrogens is 1. The number of aliphatic hydroxyl groups is 1. The lowest BCUT2D eigenvalue weighted by atomic mass is 9.98. The van der Waals surface area contributed by atoms with Gasteiger partial charge in [-0.3, -0.25) is 0 Å². The summed E-state index contributed by atoms with van der Waals surface area (Å²) < 4.78 is 0. The van der Waals surface area contributed by atoms with Crippen molar-refractivity contribution in [2.45, 2.75) is 38.7 Å². The molecule has 0 spiro atoms. The van der Waals surface area contributed by atoms with Gasteiger partial charge in [0.05, 0.1) is 5.60 Å². The van der Waals surface area contributed by atoms with Crippen LogP contribution in [0.25, 0.3) is 0 Å². The average molecular weight is 220 g/mol. The molecule has 0 aromatic carbocycles. The molecular formula is C13H20N2O. The van der Waals surface area contributed by atoms with Gasteiger partial charge in [-0.25, -0.2) is 4.98 Å². The lowest BCUT2D eigenvalue weighted by molar-refractivity contribution is 0.0786. The van der Waals surface area contributed by atoms with Gasteiger partial charge in [-0.1, -0.05) is 6.07 Å². The lowest BCUT2D eigenvalue weighted by Crippen LogP contribution is -2.33. The fraction of sp³-hybridized carbons (Fsp3) is 0.615. The summed E-state index contributed by atoms with van der Waals surface area (Å²) in [5.41, 5.74) is 0.109. The molecule has 0 atom stereocenters. The van der Waals surface area contributed by atoms with Gasteiger partial charge < -0.3 is 10.0 Å². The first-order valence-electron chi connectivity index (χ1n) is 6.02. The van der Waals surface area contributed by atoms with E-state index in [-0.39, 0.29) is 0 Å². The molecule has 0 aliphatic carbocycles. The molecule has 0 unspecified atom stereocenters. The van der Waals surface area contributed by atoms with Crippen molar-refractivity contribution in [2.75, 3.05) is 18.0 Å². The van der Waals surface area contributed by atoms with Crippen molar-refractivity contribution in [3.05, 3.63) is 23.9 Å². The average Bonchev–Trinajstić information content (AvgIpc) is 2.29. The van der Waals surface area contributed by atoms with Crippen molar-refractivity contribution >= 4 is 5.82 Å². The third-order valence-corrected chi connectivity index (χ3v) is 3.10. The first kappa shape index (κ1) is 11.4. The van der Waals surface area contributed by atoms with Crippen LogP contribution in [0.4, 0.5) is 5.82 Å². The number of hydrogen-bond acceptors (Lipinski definition) is 3. The van der Waals surface area contributed by atoms with Crippen LogP contribution in [0.3, 0.4) is 0 Å². The molecule has 0 radical (unpaired) electrons. The van der Waals surface area contributed by atoms with Crippen LogP contribution in [-0.4, -0.2) is 23.2 Å². The monoisotopic (exact) mass is 220 g/mol. The van der Waals surface area contributed by atoms with Crippen LogP contribution < -0.4 is 4.90 Å². The zero-order valence-electron chi connectivity index (χ0n) is 10.1. The molecule has 2 rings (SSSR count). The van der Waals surface area contributed by atoms with Crippen molar-refractivity contribution in [1.29, 1.82) is 0 Å². The molecule has 1 aromatic rings. The van der Waals surface area contributed by atoms with E-state index in [0.29, 0.717) is 0 Å². The number of pyridine rings is 1. The highest BCUT2D eigenvalue weighted by Gasteiger charge is 2.24. The van der Waals surface area contributed by atoms with Gasteiger partial charge >= 0.3 is 0 Å². The molecule has 1 fully saturated rings. The minimum absolute atomic E-state index is 0.818. The van der Waals surface area contributed by atoms with Crippen molar-refractivity contribution in [3.8, 4) is 0 Å². The molecule has 2 heterocycles. The second kappa shape index (κ2) is 4.42. The first-order valence-corrected chi connectivity index (χ1v) is 6.02. The Balaban J connectivity index is 2.32. The molecule has 1 N–H and O–H groups in total. The number of anilines is 1. The predicted molar refractivity (Wildman–Crippen MR) is 65.5 cm³/mol. The van der Waals surface area contributed by atoms with E-state index < -0.39 is 5.60 Å². The molecular weight excluding hydrogens is 200 g/mol. The third kappa shape index (κ3) is 2.35. The maximum atomic E-state index is 10.1. The van der Waals surface area contributed by atoms with Gasteiger partial charge in [-0.15, -0.1) is 0 Å². The molecule has 16 heavy (non-hydrogen) atoms. The fourth-order valence-electron chi connectivity index (χ4n) is 2.23. The van der Waals surface area contributed by atoms with E-state index in [1.165, 1.54) is 19.3 Å². The Bertz CT molecular complexity index is 351. The Kier molecular flexibility index (Phi) is 3.15. The van der Waals surface area contributed by atoms with Crippen molar-refractivity contribution in [1.82, 2.24) is 4.98 Å². The van der Waals surface area contributed by atoms with Gasteiger partial charge in [-0.05, 0) is 39.2 Å². The van der Waals surface area contributed by atoms with E-state index >= 15 is 0 Å². The van der Waals surface area contributed by atoms with Gasteiger partial charge in [0.2, 0.25) is 0 Å². The Hall–Kier alpha value is -1.09. The van der Waals surface area contributed by atoms with Crippen LogP contribution in [0.15, 0.2) is 18.3 Å². The van der Waals surface area contributed by atoms with Crippen LogP contribution in [-0.2, 0) is 5.60 Å². The normalized spacial score (nSPS) is 17.6. The highest BCUT2D eigenvalue weighted by Crippen LogP contribution is 2.29. The second-order valence-electron chi connectivity index (χ2n) is 4.98. The molecule has 0 bridgehead atoms. The zero-order chi connectivity index (χ0) is 11.6. The number of piperidine rings is 1. The minimum atomic E-state index is -0.818. The first-order chi connectivity index (χ1) is 7.59. The molecule has 1 saturated heterocycles. The molecule has 88 valence electrons. The van der Waals surface area contributed by atoms with E-state index in [9.17, 15) is 5.11 Å². The van der Waals surface area contributed by atoms with Crippen molar-refractivity contribution in [3.63, 3.8) is 0 Å². The zero-order valence-corrected chi connectivity index (χ0v) is 10.1. The van der Waals surface area contributed by atoms with E-state index in [4.69, 9.17) is 0 Å². The topological polar surface area (TPSA) is 36.4 Å². The summed E-state index contributed by atoms with van der Waals surface area (Å²) in [5, 5.41) is 10.1. The summed E-state index contributed by atoms with van der Waals surface area (Å²) in [6.07, 6.45) is 5.56. The van der Waals surface area contributed by atoms with Crippen LogP contribution in [0.5, 0.6) is 0 Å². The molecule has 1 aliphatic rings. The Morgan fingerprint density at radius 2 is 1.94 bits per heavy atom. The van der Waals surface area contributed by atoms with Gasteiger partial charge in [0, 0.05) is 24.8 Å². The predicted octanol–water partition coefficient (Wildman–Crippen LogP) is 2.30. The van der Waals surface area contributed by atoms with Crippen LogP contribution in [0.1, 0.15) is 38.7 Å². The third-order valence-electron chi connectivity index (χ3n) is 3.10. The summed E-state index contributed by atoms with van der Waals surface area (Å²) in [7, 11) is 0. The van der Waals surface area contributed by atoms with Gasteiger partial charge in [0.1, 0.15) is 5.82 Å². The minimum Gasteiger partial charge on any atom is -0.386 e. The summed E-state index contributed by atoms with van der Waals surface area (Å²) >= 11 is 0. The quantitative estimate of drug-likeness (QED) is 0.830. The van der Waals surface area contributed by atoms with Gasteiger partial charge in [-0.2, -0.15) is 0 Å². The van der Waals surface area contributed by atoms with Crippen LogP contribution >= 0.6 is 0 Å². The highest BCUT2D eigenvalue weighted by atomic mass is 16.3. The number of hydrogen-bond donors (Lipinski definition) is 1. The lowest BCUT2D eigenvalue weighted by Gasteiger charge is -2.32. The second-order valence-corrected chi connectivity index (χ2v) is 4.98. The smallest absolute Gasteiger partial charge is 0.134 e. The molecule has 3 heteroatoms. The van der Waals surface area contributed by atoms with Crippen LogP contribution in [0.2, 0.25) is 0 Å². The largest absolute Gasteiger partial charge is 0.386 e. The number of rotatable bonds is 2. The van der Waals surface area contributed by atoms with Crippen LogP contribution in [0, 0.1) is 0 Å². The van der Waals surface area contributed by atoms with E-state index in [1.54, 1.807) is 6.20 Å². The Labute approximate surface area is 97.1 Å². The standard InChI is InChI=1S/C13H20N2O/c1-13(2,16)11-7-6-8-14-12(11)15-9-4-3-5-10-15/h6-8,16H,3-5,9-10H2,1-2H3. The van der Waals surface area contributed by atoms with Crippen molar-refractivity contribution < 1.29 is 5.11 Å². The van der Waals surface area contributed by atoms with E-state index in [2.05, 4.69) is 9.88 Å². The molecule has 1 aliphatic heterocycles. The Morgan fingerprint density at radius 1 is 1.25 bits per heavy atom. The summed E-state index contributed by atoms with van der Waals surface area (Å²) in [6.45, 7) is 5.75. The van der Waals surface area contributed by atoms with Gasteiger partial charge in [0.15, 0.2) is 0 Å². The molecule has 0 amide bonds. The summed E-state index contributed by atoms with van der Waals surface area (Å²) in [6, 6.07) is 3.86. The van der Waals surface area contributed by atoms with Crippen molar-refractivity contribution in [2.24, 2.45) is 0 Å². The SMILES string of the molecule is CC(C)(O)c1cccnc1N1CCCCC1. The van der Waals surface area contributed by atoms with Gasteiger partial charge in [0.25, 0.3) is 0 Å². The highest BCUT2D eigenvalue weighted by molar-refractivity contribution is 5.49. The van der Waals surface area contributed by atoms with E-state index in [0.717, 1.165) is 24.5 Å². The molecule has 3 nitrogen and oxygen atoms in total. The Morgan fingerprint density at radius 3 is 2.56 bits per heavy atom. The maximum Gasteiger partial charge on any atom is 0.134 e. The summed E-state index contributed by atoms with van der Waals surface area (Å²) in [4.78, 5) is 6.72. The molecule has 1 aromatic heterocycles. The number of nitrogens with zero attached hydrogens (tertiary/aromatic N) is 2. The fourth-order valence-corrected chi connectivity index (χ4v) is 2.23. The summed E-state index contributed by atoms with van der Waals surface area (Å²) in [5.74, 6) is 0.953. The maximum absolute atomic E-state index is 10.1. The van der Waals surface area contributed by atoms with E-state index in [1.807, 2.05) is 26.0 Å². The molecule has 0 saturated carbocycles.